The van der Waals surface area contributed by atoms with E-state index in [1.807, 2.05) is 0 Å². The highest BCUT2D eigenvalue weighted by Gasteiger charge is 2.33. The fourth-order valence-corrected chi connectivity index (χ4v) is 5.27. The number of halogens is 2. The lowest BCUT2D eigenvalue weighted by Gasteiger charge is -2.28. The van der Waals surface area contributed by atoms with Crippen LogP contribution in [-0.2, 0) is 19.2 Å². The maximum Gasteiger partial charge on any atom is 0.336 e. The van der Waals surface area contributed by atoms with Gasteiger partial charge in [-0.25, -0.2) is 4.79 Å². The Balaban J connectivity index is 2.35. The van der Waals surface area contributed by atoms with E-state index in [1.165, 1.54) is 24.3 Å². The van der Waals surface area contributed by atoms with Crippen LogP contribution >= 0.6 is 23.2 Å². The second-order valence-corrected chi connectivity index (χ2v) is 10.3. The number of aromatic hydroxyl groups is 1. The van der Waals surface area contributed by atoms with Gasteiger partial charge < -0.3 is 44.9 Å². The minimum atomic E-state index is -1.56. The molecule has 0 atom stereocenters. The van der Waals surface area contributed by atoms with Gasteiger partial charge in [0.2, 0.25) is 5.43 Å². The van der Waals surface area contributed by atoms with Crippen LogP contribution in [0.3, 0.4) is 0 Å². The third kappa shape index (κ3) is 6.39. The molecule has 0 saturated heterocycles. The lowest BCUT2D eigenvalue weighted by Crippen LogP contribution is -2.38. The maximum absolute atomic E-state index is 13.4. The van der Waals surface area contributed by atoms with Crippen molar-refractivity contribution in [1.82, 2.24) is 0 Å². The Hall–Kier alpha value is -5.54. The first-order valence-electron chi connectivity index (χ1n) is 12.5. The van der Waals surface area contributed by atoms with Crippen molar-refractivity contribution < 1.29 is 59.0 Å². The van der Waals surface area contributed by atoms with Gasteiger partial charge in [-0.05, 0) is 23.8 Å². The minimum Gasteiger partial charge on any atom is -0.504 e. The van der Waals surface area contributed by atoms with Gasteiger partial charge in [0.25, 0.3) is 0 Å². The fourth-order valence-electron chi connectivity index (χ4n) is 4.88. The third-order valence-corrected chi connectivity index (χ3v) is 7.02. The van der Waals surface area contributed by atoms with Gasteiger partial charge in [-0.3, -0.25) is 24.0 Å². The molecular formula is C28H20Cl2N2O13. The van der Waals surface area contributed by atoms with Crippen LogP contribution in [0.1, 0.15) is 10.4 Å². The summed E-state index contributed by atoms with van der Waals surface area (Å²) < 4.78 is 6.05. The van der Waals surface area contributed by atoms with E-state index < -0.39 is 100.0 Å². The summed E-state index contributed by atoms with van der Waals surface area (Å²) in [4.78, 5) is 73.9. The number of hydrogen-bond donors (Lipinski definition) is 6. The number of anilines is 2. The molecular weight excluding hydrogens is 643 g/mol. The van der Waals surface area contributed by atoms with Crippen molar-refractivity contribution in [2.45, 2.75) is 0 Å². The van der Waals surface area contributed by atoms with E-state index in [-0.39, 0.29) is 27.6 Å². The first-order valence-corrected chi connectivity index (χ1v) is 13.2. The van der Waals surface area contributed by atoms with E-state index in [4.69, 9.17) is 27.6 Å². The van der Waals surface area contributed by atoms with E-state index >= 15 is 0 Å². The number of aliphatic carboxylic acids is 4. The van der Waals surface area contributed by atoms with Crippen LogP contribution in [0.5, 0.6) is 5.75 Å². The Kier molecular flexibility index (Phi) is 9.06. The molecule has 0 unspecified atom stereocenters. The molecule has 0 amide bonds. The van der Waals surface area contributed by atoms with Gasteiger partial charge in [0.15, 0.2) is 17.1 Å². The van der Waals surface area contributed by atoms with E-state index in [1.54, 1.807) is 0 Å². The van der Waals surface area contributed by atoms with Gasteiger partial charge in [-0.2, -0.15) is 0 Å². The van der Waals surface area contributed by atoms with Crippen molar-refractivity contribution in [3.8, 4) is 28.2 Å². The molecule has 1 heterocycles. The number of phenolic OH excluding ortho intramolecular Hbond substituents is 1. The summed E-state index contributed by atoms with van der Waals surface area (Å²) in [6.07, 6.45) is 0. The van der Waals surface area contributed by atoms with Gasteiger partial charge in [0.05, 0.1) is 15.6 Å². The molecule has 0 fully saturated rings. The summed E-state index contributed by atoms with van der Waals surface area (Å²) in [7, 11) is 0. The maximum atomic E-state index is 13.4. The molecule has 2 aromatic rings. The minimum absolute atomic E-state index is 0.0461. The molecule has 2 aromatic carbocycles. The van der Waals surface area contributed by atoms with Crippen molar-refractivity contribution in [1.29, 1.82) is 0 Å². The van der Waals surface area contributed by atoms with Crippen LogP contribution in [0.4, 0.5) is 11.4 Å². The van der Waals surface area contributed by atoms with Gasteiger partial charge in [-0.15, -0.1) is 0 Å². The predicted molar refractivity (Wildman–Crippen MR) is 158 cm³/mol. The highest BCUT2D eigenvalue weighted by Crippen LogP contribution is 2.51. The predicted octanol–water partition coefficient (Wildman–Crippen LogP) is 3.23. The summed E-state index contributed by atoms with van der Waals surface area (Å²) in [5, 5.41) is 58.0. The van der Waals surface area contributed by atoms with E-state index in [9.17, 15) is 59.4 Å². The third-order valence-electron chi connectivity index (χ3n) is 6.45. The SMILES string of the molecule is O=C(O)CN(CC(=O)O)c1c2oc3c(N(CC(=O)O)CC(=O)O)c(O)c(Cl)cc3c(-c3ccccc3C(=O)O)c-2cc(Cl)c1=O. The molecule has 45 heavy (non-hydrogen) atoms. The molecule has 0 spiro atoms. The number of carboxylic acids is 5. The van der Waals surface area contributed by atoms with Crippen LogP contribution < -0.4 is 15.2 Å². The topological polar surface area (TPSA) is 243 Å². The smallest absolute Gasteiger partial charge is 0.336 e. The molecule has 15 nitrogen and oxygen atoms in total. The summed E-state index contributed by atoms with van der Waals surface area (Å²) in [6, 6.07) is 7.65. The van der Waals surface area contributed by atoms with Crippen LogP contribution in [0.2, 0.25) is 10.0 Å². The molecule has 1 aliphatic carbocycles. The van der Waals surface area contributed by atoms with Crippen LogP contribution in [-0.4, -0.2) is 86.7 Å². The number of nitrogens with zero attached hydrogens (tertiary/aromatic N) is 2. The summed E-state index contributed by atoms with van der Waals surface area (Å²) >= 11 is 12.6. The summed E-state index contributed by atoms with van der Waals surface area (Å²) in [5.41, 5.74) is -3.41. The highest BCUT2D eigenvalue weighted by molar-refractivity contribution is 6.34. The Morgan fingerprint density at radius 3 is 1.73 bits per heavy atom. The first kappa shape index (κ1) is 32.4. The molecule has 2 aliphatic rings. The number of carboxylic acid groups (broad SMARTS) is 5. The molecule has 6 N–H and O–H groups in total. The Morgan fingerprint density at radius 2 is 1.22 bits per heavy atom. The van der Waals surface area contributed by atoms with Crippen molar-refractivity contribution in [3.63, 3.8) is 0 Å². The molecule has 0 bridgehead atoms. The molecule has 0 aromatic heterocycles. The molecule has 0 saturated carbocycles. The molecule has 1 aliphatic heterocycles. The molecule has 4 rings (SSSR count). The molecule has 17 heteroatoms. The average Bonchev–Trinajstić information content (AvgIpc) is 2.92. The Bertz CT molecular complexity index is 1910. The van der Waals surface area contributed by atoms with Crippen LogP contribution in [0.15, 0.2) is 45.6 Å². The van der Waals surface area contributed by atoms with Crippen molar-refractivity contribution in [3.05, 3.63) is 62.2 Å². The monoisotopic (exact) mass is 662 g/mol. The Morgan fingerprint density at radius 1 is 0.711 bits per heavy atom. The van der Waals surface area contributed by atoms with Crippen LogP contribution in [0, 0.1) is 0 Å². The zero-order valence-corrected chi connectivity index (χ0v) is 24.0. The van der Waals surface area contributed by atoms with Crippen LogP contribution in [0.25, 0.3) is 33.4 Å². The zero-order valence-electron chi connectivity index (χ0n) is 22.5. The number of hydrogen-bond acceptors (Lipinski definition) is 10. The summed E-state index contributed by atoms with van der Waals surface area (Å²) in [6.45, 7) is -4.13. The largest absolute Gasteiger partial charge is 0.504 e. The fraction of sp³-hybridized carbons (Fsp3) is 0.143. The van der Waals surface area contributed by atoms with E-state index in [0.717, 1.165) is 12.1 Å². The number of benzene rings is 3. The van der Waals surface area contributed by atoms with Gasteiger partial charge >= 0.3 is 29.8 Å². The highest BCUT2D eigenvalue weighted by atomic mass is 35.5. The summed E-state index contributed by atoms with van der Waals surface area (Å²) in [5.74, 6) is -8.99. The van der Waals surface area contributed by atoms with Gasteiger partial charge in [0, 0.05) is 16.5 Å². The lowest BCUT2D eigenvalue weighted by molar-refractivity contribution is -0.138. The number of fused-ring (bicyclic) bond motifs is 2. The Labute approximate surface area is 260 Å². The quantitative estimate of drug-likeness (QED) is 0.119. The van der Waals surface area contributed by atoms with Gasteiger partial charge in [-0.1, -0.05) is 41.4 Å². The number of aromatic carboxylic acids is 1. The standard InChI is InChI=1S/C28H20Cl2N2O13/c29-15-5-13-21(11-3-1-2-4-12(11)28(43)44)14-6-16(30)25(42)23(32(9-19(37)38)10-20(39)40)27(14)45-26(13)22(24(15)41)31(7-17(33)34)8-18(35)36/h1-6,41H,7-10H2,(H,33,34)(H,35,36)(H,37,38)(H,39,40)(H,43,44). The lowest BCUT2D eigenvalue weighted by atomic mass is 9.89. The molecule has 0 radical (unpaired) electrons. The second-order valence-electron chi connectivity index (χ2n) is 9.46. The molecule has 234 valence electrons. The van der Waals surface area contributed by atoms with E-state index in [2.05, 4.69) is 0 Å². The van der Waals surface area contributed by atoms with Gasteiger partial charge in [0.1, 0.15) is 37.6 Å². The number of rotatable bonds is 12. The first-order chi connectivity index (χ1) is 21.1. The number of carbonyl (C=O) groups is 5. The number of phenols is 1. The zero-order chi connectivity index (χ0) is 33.3. The second kappa shape index (κ2) is 12.6. The van der Waals surface area contributed by atoms with Crippen molar-refractivity contribution in [2.75, 3.05) is 36.0 Å². The van der Waals surface area contributed by atoms with Crippen molar-refractivity contribution >= 4 is 75.4 Å². The normalized spacial score (nSPS) is 11.0. The average molecular weight is 663 g/mol. The van der Waals surface area contributed by atoms with Crippen molar-refractivity contribution in [2.24, 2.45) is 0 Å². The van der Waals surface area contributed by atoms with E-state index in [0.29, 0.717) is 9.80 Å².